The van der Waals surface area contributed by atoms with Crippen LogP contribution in [0.1, 0.15) is 55.3 Å². The number of esters is 1. The Morgan fingerprint density at radius 1 is 1.07 bits per heavy atom. The van der Waals surface area contributed by atoms with E-state index in [2.05, 4.69) is 5.32 Å². The zero-order valence-corrected chi connectivity index (χ0v) is 16.2. The number of rotatable bonds is 7. The van der Waals surface area contributed by atoms with Crippen molar-refractivity contribution in [1.29, 1.82) is 0 Å². The number of hydrogen-bond acceptors (Lipinski definition) is 7. The summed E-state index contributed by atoms with van der Waals surface area (Å²) in [6.07, 6.45) is 7.46. The SMILES string of the molecule is COc1cc(C(=O)OCC(=O)NC2CCCCCCC2)c([N+](=O)[O-])cc1OC. The summed E-state index contributed by atoms with van der Waals surface area (Å²) in [6, 6.07) is 2.33. The maximum absolute atomic E-state index is 12.3. The maximum Gasteiger partial charge on any atom is 0.345 e. The number of nitrogens with zero attached hydrogens (tertiary/aromatic N) is 1. The first-order valence-electron chi connectivity index (χ1n) is 9.33. The van der Waals surface area contributed by atoms with Crippen LogP contribution in [0.4, 0.5) is 5.69 Å². The van der Waals surface area contributed by atoms with Gasteiger partial charge in [-0.05, 0) is 12.8 Å². The lowest BCUT2D eigenvalue weighted by atomic mass is 9.97. The first kappa shape index (κ1) is 21.5. The van der Waals surface area contributed by atoms with Crippen LogP contribution in [0.15, 0.2) is 12.1 Å². The van der Waals surface area contributed by atoms with Crippen LogP contribution in [0.2, 0.25) is 0 Å². The summed E-state index contributed by atoms with van der Waals surface area (Å²) < 4.78 is 15.1. The molecule has 1 aromatic carbocycles. The zero-order valence-electron chi connectivity index (χ0n) is 16.2. The Kier molecular flexibility index (Phi) is 8.03. The molecule has 0 bridgehead atoms. The molecular weight excluding hydrogens is 368 g/mol. The van der Waals surface area contributed by atoms with E-state index in [1.54, 1.807) is 0 Å². The highest BCUT2D eigenvalue weighted by atomic mass is 16.6. The fourth-order valence-corrected chi connectivity index (χ4v) is 3.26. The predicted octanol–water partition coefficient (Wildman–Crippen LogP) is 3.00. The molecule has 154 valence electrons. The van der Waals surface area contributed by atoms with Gasteiger partial charge in [0.1, 0.15) is 5.56 Å². The highest BCUT2D eigenvalue weighted by molar-refractivity contribution is 5.96. The van der Waals surface area contributed by atoms with E-state index in [1.165, 1.54) is 26.7 Å². The van der Waals surface area contributed by atoms with Crippen LogP contribution in [0.25, 0.3) is 0 Å². The summed E-state index contributed by atoms with van der Waals surface area (Å²) in [6.45, 7) is -0.499. The Hall–Kier alpha value is -2.84. The van der Waals surface area contributed by atoms with Crippen molar-refractivity contribution in [3.63, 3.8) is 0 Å². The number of ether oxygens (including phenoxy) is 3. The minimum Gasteiger partial charge on any atom is -0.493 e. The van der Waals surface area contributed by atoms with Crippen LogP contribution in [0.5, 0.6) is 11.5 Å². The molecule has 1 aromatic rings. The van der Waals surface area contributed by atoms with E-state index in [-0.39, 0.29) is 23.1 Å². The molecule has 1 amide bonds. The Morgan fingerprint density at radius 3 is 2.21 bits per heavy atom. The van der Waals surface area contributed by atoms with Crippen LogP contribution < -0.4 is 14.8 Å². The van der Waals surface area contributed by atoms with Crippen LogP contribution in [0.3, 0.4) is 0 Å². The van der Waals surface area contributed by atoms with Gasteiger partial charge in [-0.15, -0.1) is 0 Å². The van der Waals surface area contributed by atoms with Gasteiger partial charge in [-0.25, -0.2) is 4.79 Å². The van der Waals surface area contributed by atoms with Crippen LogP contribution >= 0.6 is 0 Å². The third-order valence-electron chi connectivity index (χ3n) is 4.72. The molecule has 0 aromatic heterocycles. The molecule has 0 radical (unpaired) electrons. The van der Waals surface area contributed by atoms with Crippen molar-refractivity contribution >= 4 is 17.6 Å². The normalized spacial score (nSPS) is 15.1. The molecule has 0 atom stereocenters. The average Bonchev–Trinajstić information content (AvgIpc) is 2.66. The highest BCUT2D eigenvalue weighted by Crippen LogP contribution is 2.34. The van der Waals surface area contributed by atoms with E-state index in [0.717, 1.165) is 44.6 Å². The number of carbonyl (C=O) groups excluding carboxylic acids is 2. The fourth-order valence-electron chi connectivity index (χ4n) is 3.26. The molecule has 28 heavy (non-hydrogen) atoms. The molecule has 2 rings (SSSR count). The van der Waals surface area contributed by atoms with Gasteiger partial charge in [-0.2, -0.15) is 0 Å². The molecule has 0 unspecified atom stereocenters. The predicted molar refractivity (Wildman–Crippen MR) is 101 cm³/mol. The van der Waals surface area contributed by atoms with Crippen LogP contribution in [-0.2, 0) is 9.53 Å². The van der Waals surface area contributed by atoms with Gasteiger partial charge in [-0.1, -0.05) is 32.1 Å². The van der Waals surface area contributed by atoms with E-state index in [4.69, 9.17) is 14.2 Å². The van der Waals surface area contributed by atoms with E-state index < -0.39 is 29.1 Å². The molecule has 1 N–H and O–H groups in total. The molecule has 0 saturated heterocycles. The number of amides is 1. The molecule has 9 nitrogen and oxygen atoms in total. The van der Waals surface area contributed by atoms with Crippen molar-refractivity contribution in [2.45, 2.75) is 51.0 Å². The number of nitro groups is 1. The third-order valence-corrected chi connectivity index (χ3v) is 4.72. The fraction of sp³-hybridized carbons (Fsp3) is 0.579. The van der Waals surface area contributed by atoms with E-state index in [9.17, 15) is 19.7 Å². The molecule has 0 spiro atoms. The maximum atomic E-state index is 12.3. The lowest BCUT2D eigenvalue weighted by molar-refractivity contribution is -0.385. The Labute approximate surface area is 163 Å². The van der Waals surface area contributed by atoms with E-state index in [0.29, 0.717) is 0 Å². The number of nitrogens with one attached hydrogen (secondary N) is 1. The van der Waals surface area contributed by atoms with E-state index >= 15 is 0 Å². The first-order chi connectivity index (χ1) is 13.5. The number of methoxy groups -OCH3 is 2. The lowest BCUT2D eigenvalue weighted by Gasteiger charge is -2.20. The second-order valence-corrected chi connectivity index (χ2v) is 6.67. The smallest absolute Gasteiger partial charge is 0.345 e. The summed E-state index contributed by atoms with van der Waals surface area (Å²) in [5, 5.41) is 14.2. The molecule has 1 saturated carbocycles. The molecule has 1 fully saturated rings. The lowest BCUT2D eigenvalue weighted by Crippen LogP contribution is -2.38. The molecular formula is C19H26N2O7. The van der Waals surface area contributed by atoms with Gasteiger partial charge in [0.05, 0.1) is 25.2 Å². The van der Waals surface area contributed by atoms with Gasteiger partial charge >= 0.3 is 5.97 Å². The van der Waals surface area contributed by atoms with Gasteiger partial charge in [0.2, 0.25) is 0 Å². The van der Waals surface area contributed by atoms with Gasteiger partial charge in [-0.3, -0.25) is 14.9 Å². The Morgan fingerprint density at radius 2 is 1.64 bits per heavy atom. The van der Waals surface area contributed by atoms with Gasteiger partial charge < -0.3 is 19.5 Å². The number of nitro benzene ring substituents is 1. The van der Waals surface area contributed by atoms with Crippen molar-refractivity contribution in [2.24, 2.45) is 0 Å². The Bertz CT molecular complexity index is 712. The molecule has 0 heterocycles. The van der Waals surface area contributed by atoms with Gasteiger partial charge in [0, 0.05) is 12.1 Å². The summed E-state index contributed by atoms with van der Waals surface area (Å²) >= 11 is 0. The second kappa shape index (κ2) is 10.5. The summed E-state index contributed by atoms with van der Waals surface area (Å²) in [7, 11) is 2.68. The standard InChI is InChI=1S/C19H26N2O7/c1-26-16-10-14(15(21(24)25)11-17(16)27-2)19(23)28-12-18(22)20-13-8-6-4-3-5-7-9-13/h10-11,13H,3-9,12H2,1-2H3,(H,20,22). The monoisotopic (exact) mass is 394 g/mol. The number of hydrogen-bond donors (Lipinski definition) is 1. The van der Waals surface area contributed by atoms with Crippen molar-refractivity contribution in [1.82, 2.24) is 5.32 Å². The summed E-state index contributed by atoms with van der Waals surface area (Å²) in [5.41, 5.74) is -0.788. The highest BCUT2D eigenvalue weighted by Gasteiger charge is 2.26. The Balaban J connectivity index is 2.01. The molecule has 0 aliphatic heterocycles. The third kappa shape index (κ3) is 5.83. The van der Waals surface area contributed by atoms with E-state index in [1.807, 2.05) is 0 Å². The second-order valence-electron chi connectivity index (χ2n) is 6.67. The minimum atomic E-state index is -0.972. The number of carbonyl (C=O) groups is 2. The van der Waals surface area contributed by atoms with Crippen LogP contribution in [0, 0.1) is 10.1 Å². The topological polar surface area (TPSA) is 117 Å². The average molecular weight is 394 g/mol. The van der Waals surface area contributed by atoms with Crippen molar-refractivity contribution in [3.8, 4) is 11.5 Å². The molecule has 1 aliphatic rings. The van der Waals surface area contributed by atoms with Crippen molar-refractivity contribution in [3.05, 3.63) is 27.8 Å². The number of benzene rings is 1. The first-order valence-corrected chi connectivity index (χ1v) is 9.33. The van der Waals surface area contributed by atoms with Gasteiger partial charge in [0.25, 0.3) is 11.6 Å². The minimum absolute atomic E-state index is 0.0712. The zero-order chi connectivity index (χ0) is 20.5. The van der Waals surface area contributed by atoms with Crippen LogP contribution in [-0.4, -0.2) is 43.7 Å². The van der Waals surface area contributed by atoms with Gasteiger partial charge in [0.15, 0.2) is 18.1 Å². The summed E-state index contributed by atoms with van der Waals surface area (Å²) in [4.78, 5) is 35.0. The van der Waals surface area contributed by atoms with Crippen molar-refractivity contribution in [2.75, 3.05) is 20.8 Å². The molecule has 1 aliphatic carbocycles. The quantitative estimate of drug-likeness (QED) is 0.429. The molecule has 9 heteroatoms. The van der Waals surface area contributed by atoms with Crippen molar-refractivity contribution < 1.29 is 28.7 Å². The largest absolute Gasteiger partial charge is 0.493 e. The summed E-state index contributed by atoms with van der Waals surface area (Å²) in [5.74, 6) is -1.12.